The minimum Gasteiger partial charge on any atom is -0.456 e. The number of para-hydroxylation sites is 1. The van der Waals surface area contributed by atoms with Gasteiger partial charge in [0.1, 0.15) is 11.2 Å². The summed E-state index contributed by atoms with van der Waals surface area (Å²) < 4.78 is 6.32. The van der Waals surface area contributed by atoms with Crippen molar-refractivity contribution in [3.63, 3.8) is 0 Å². The summed E-state index contributed by atoms with van der Waals surface area (Å²) >= 11 is 0. The average molecular weight is 719 g/mol. The zero-order valence-electron chi connectivity index (χ0n) is 32.2. The van der Waals surface area contributed by atoms with Crippen LogP contribution in [0, 0.1) is 0 Å². The van der Waals surface area contributed by atoms with E-state index in [1.165, 1.54) is 93.0 Å². The van der Waals surface area contributed by atoms with E-state index in [9.17, 15) is 0 Å². The van der Waals surface area contributed by atoms with Crippen molar-refractivity contribution >= 4 is 55.6 Å². The topological polar surface area (TPSA) is 13.1 Å². The van der Waals surface area contributed by atoms with Crippen molar-refractivity contribution in [3.05, 3.63) is 191 Å². The number of fused-ring (bicyclic) bond motifs is 8. The lowest BCUT2D eigenvalue weighted by molar-refractivity contribution is 0.661. The maximum atomic E-state index is 6.32. The Bertz CT molecular complexity index is 3230. The number of benzene rings is 7. The van der Waals surface area contributed by atoms with Gasteiger partial charge in [-0.05, 0) is 150 Å². The second kappa shape index (κ2) is 13.3. The van der Waals surface area contributed by atoms with Crippen molar-refractivity contribution in [1.82, 2.24) is 0 Å². The lowest BCUT2D eigenvalue weighted by Gasteiger charge is -2.22. The molecule has 10 rings (SSSR count). The average Bonchev–Trinajstić information content (AvgIpc) is 3.70. The molecule has 56 heavy (non-hydrogen) atoms. The maximum absolute atomic E-state index is 6.32. The first-order valence-corrected chi connectivity index (χ1v) is 19.6. The van der Waals surface area contributed by atoms with Crippen molar-refractivity contribution in [2.24, 2.45) is 0 Å². The van der Waals surface area contributed by atoms with E-state index >= 15 is 0 Å². The molecule has 0 bridgehead atoms. The van der Waals surface area contributed by atoms with E-state index in [4.69, 9.17) is 4.42 Å². The highest BCUT2D eigenvalue weighted by Crippen LogP contribution is 2.51. The second-order valence-corrected chi connectivity index (χ2v) is 15.6. The van der Waals surface area contributed by atoms with E-state index in [0.717, 1.165) is 16.6 Å². The Labute approximate surface area is 327 Å². The summed E-state index contributed by atoms with van der Waals surface area (Å²) in [5, 5.41) is 9.66. The van der Waals surface area contributed by atoms with Gasteiger partial charge in [0.25, 0.3) is 0 Å². The van der Waals surface area contributed by atoms with Gasteiger partial charge >= 0.3 is 0 Å². The number of rotatable bonds is 3. The van der Waals surface area contributed by atoms with Crippen molar-refractivity contribution in [2.45, 2.75) is 33.1 Å². The van der Waals surface area contributed by atoms with E-state index in [2.05, 4.69) is 204 Å². The third kappa shape index (κ3) is 5.46. The highest BCUT2D eigenvalue weighted by Gasteiger charge is 2.36. The summed E-state index contributed by atoms with van der Waals surface area (Å²) in [7, 11) is 0. The van der Waals surface area contributed by atoms with Crippen LogP contribution >= 0.6 is 0 Å². The fourth-order valence-electron chi connectivity index (χ4n) is 9.14. The molecule has 1 aliphatic carbocycles. The Morgan fingerprint density at radius 2 is 0.946 bits per heavy atom. The molecule has 0 fully saturated rings. The van der Waals surface area contributed by atoms with Crippen molar-refractivity contribution in [2.75, 3.05) is 0 Å². The third-order valence-electron chi connectivity index (χ3n) is 12.0. The molecule has 0 saturated carbocycles. The first-order valence-electron chi connectivity index (χ1n) is 19.6. The van der Waals surface area contributed by atoms with Crippen LogP contribution in [-0.4, -0.2) is 0 Å². The van der Waals surface area contributed by atoms with Gasteiger partial charge in [-0.1, -0.05) is 147 Å². The number of hydrogen-bond acceptors (Lipinski definition) is 1. The van der Waals surface area contributed by atoms with Gasteiger partial charge in [0, 0.05) is 16.2 Å². The van der Waals surface area contributed by atoms with Crippen molar-refractivity contribution in [3.8, 4) is 44.5 Å². The minimum atomic E-state index is -0.133. The van der Waals surface area contributed by atoms with Gasteiger partial charge in [0.05, 0.1) is 0 Å². The molecule has 0 unspecified atom stereocenters. The molecule has 8 aromatic carbocycles. The van der Waals surface area contributed by atoms with Crippen LogP contribution in [0.5, 0.6) is 0 Å². The Balaban J connectivity index is 1.14. The Kier molecular flexibility index (Phi) is 8.01. The zero-order chi connectivity index (χ0) is 38.0. The van der Waals surface area contributed by atoms with Gasteiger partial charge in [0.15, 0.2) is 0 Å². The largest absolute Gasteiger partial charge is 0.456 e. The van der Waals surface area contributed by atoms with Gasteiger partial charge in [0.2, 0.25) is 0 Å². The Hall–Kier alpha value is -6.70. The van der Waals surface area contributed by atoms with Gasteiger partial charge in [-0.2, -0.15) is 0 Å². The quantitative estimate of drug-likeness (QED) is 0.177. The van der Waals surface area contributed by atoms with Gasteiger partial charge in [-0.3, -0.25) is 0 Å². The molecule has 268 valence electrons. The lowest BCUT2D eigenvalue weighted by Crippen LogP contribution is -2.27. The van der Waals surface area contributed by atoms with Crippen molar-refractivity contribution in [1.29, 1.82) is 0 Å². The van der Waals surface area contributed by atoms with Crippen LogP contribution in [-0.2, 0) is 5.41 Å². The molecule has 1 nitrogen and oxygen atoms in total. The van der Waals surface area contributed by atoms with Crippen LogP contribution in [0.25, 0.3) is 100 Å². The molecule has 1 aliphatic rings. The standard InChI is InChI=1S/C55H42O/c1-5-43-44(6-2)46(19-13-8-7-12-18-45(43)39-25-24-37-28-36(22-23-38(37)29-39)35-16-10-9-11-17-35)40-26-27-51-48(30-40)49-31-42-34-54-50(47-20-14-15-21-53(47)56-54)32-41(42)33-52(49)55(51,3)4/h5-34H,1-4H3/b12-7?,13-8?,43-5+,44-6+,45-18?,46-19?. The Morgan fingerprint density at radius 1 is 0.375 bits per heavy atom. The molecule has 0 N–H and O–H groups in total. The summed E-state index contributed by atoms with van der Waals surface area (Å²) in [5.74, 6) is 0. The Morgan fingerprint density at radius 3 is 1.68 bits per heavy atom. The first kappa shape index (κ1) is 33.8. The zero-order valence-corrected chi connectivity index (χ0v) is 32.2. The van der Waals surface area contributed by atoms with E-state index in [1.54, 1.807) is 0 Å². The fourth-order valence-corrected chi connectivity index (χ4v) is 9.14. The smallest absolute Gasteiger partial charge is 0.136 e. The number of furan rings is 1. The van der Waals surface area contributed by atoms with Crippen LogP contribution in [0.2, 0.25) is 0 Å². The molecule has 0 spiro atoms. The molecule has 9 aromatic rings. The lowest BCUT2D eigenvalue weighted by atomic mass is 9.81. The fraction of sp³-hybridized carbons (Fsp3) is 0.0909. The normalized spacial score (nSPS) is 13.7. The molecule has 0 atom stereocenters. The minimum absolute atomic E-state index is 0.133. The molecule has 1 heteroatoms. The van der Waals surface area contributed by atoms with Crippen LogP contribution in [0.15, 0.2) is 174 Å². The van der Waals surface area contributed by atoms with Crippen LogP contribution in [0.4, 0.5) is 0 Å². The van der Waals surface area contributed by atoms with Gasteiger partial charge < -0.3 is 4.42 Å². The summed E-state index contributed by atoms with van der Waals surface area (Å²) in [6.07, 6.45) is 4.55. The first-order chi connectivity index (χ1) is 27.4. The second-order valence-electron chi connectivity index (χ2n) is 15.6. The van der Waals surface area contributed by atoms with Crippen LogP contribution in [0.3, 0.4) is 0 Å². The SMILES string of the molecule is C/C=c1/c(-c2ccc3c(c2)-c2cc4cc5oc6ccccc6c5cc4cc2C3(C)C)ccccccc(-c2ccc3cc(-c4ccccc4)ccc3c2)/c1=C/C. The maximum Gasteiger partial charge on any atom is 0.136 e. The predicted octanol–water partition coefficient (Wildman–Crippen LogP) is 13.9. The molecule has 0 saturated heterocycles. The van der Waals surface area contributed by atoms with Crippen LogP contribution in [0.1, 0.15) is 38.8 Å². The summed E-state index contributed by atoms with van der Waals surface area (Å²) in [6.45, 7) is 9.06. The van der Waals surface area contributed by atoms with E-state index in [0.29, 0.717) is 0 Å². The van der Waals surface area contributed by atoms with Gasteiger partial charge in [-0.15, -0.1) is 0 Å². The molecule has 0 radical (unpaired) electrons. The highest BCUT2D eigenvalue weighted by atomic mass is 16.3. The van der Waals surface area contributed by atoms with E-state index in [-0.39, 0.29) is 5.41 Å². The molecule has 1 aromatic heterocycles. The van der Waals surface area contributed by atoms with E-state index < -0.39 is 0 Å². The predicted molar refractivity (Wildman–Crippen MR) is 240 cm³/mol. The summed E-state index contributed by atoms with van der Waals surface area (Å²) in [6, 6.07) is 62.2. The molecule has 0 amide bonds. The highest BCUT2D eigenvalue weighted by molar-refractivity contribution is 6.11. The monoisotopic (exact) mass is 718 g/mol. The summed E-state index contributed by atoms with van der Waals surface area (Å²) in [5.41, 5.74) is 14.3. The van der Waals surface area contributed by atoms with Crippen LogP contribution < -0.4 is 10.4 Å². The third-order valence-corrected chi connectivity index (χ3v) is 12.0. The van der Waals surface area contributed by atoms with Crippen molar-refractivity contribution < 1.29 is 4.42 Å². The van der Waals surface area contributed by atoms with E-state index in [1.807, 2.05) is 6.07 Å². The molecular formula is C55H42O. The molecule has 0 aliphatic heterocycles. The number of hydrogen-bond donors (Lipinski definition) is 0. The summed E-state index contributed by atoms with van der Waals surface area (Å²) in [4.78, 5) is 0. The molecule has 1 heterocycles. The molecular weight excluding hydrogens is 677 g/mol. The van der Waals surface area contributed by atoms with Gasteiger partial charge in [-0.25, -0.2) is 0 Å².